The lowest BCUT2D eigenvalue weighted by atomic mass is 10.00. The van der Waals surface area contributed by atoms with Crippen molar-refractivity contribution in [2.75, 3.05) is 26.2 Å². The fourth-order valence-corrected chi connectivity index (χ4v) is 4.96. The normalized spacial score (nSPS) is 18.7. The van der Waals surface area contributed by atoms with Crippen molar-refractivity contribution in [2.24, 2.45) is 0 Å². The van der Waals surface area contributed by atoms with Gasteiger partial charge in [-0.1, -0.05) is 54.1 Å². The number of nitrogens with zero attached hydrogens (tertiary/aromatic N) is 5. The highest BCUT2D eigenvalue weighted by Crippen LogP contribution is 2.22. The van der Waals surface area contributed by atoms with Crippen LogP contribution < -0.4 is 0 Å². The molecule has 1 aromatic heterocycles. The summed E-state index contributed by atoms with van der Waals surface area (Å²) in [5.41, 5.74) is 1.63. The van der Waals surface area contributed by atoms with Gasteiger partial charge in [-0.3, -0.25) is 4.79 Å². The van der Waals surface area contributed by atoms with Gasteiger partial charge in [0.2, 0.25) is 0 Å². The first-order chi connectivity index (χ1) is 14.8. The van der Waals surface area contributed by atoms with E-state index in [4.69, 9.17) is 0 Å². The van der Waals surface area contributed by atoms with E-state index in [9.17, 15) is 4.79 Å². The molecule has 0 aliphatic carbocycles. The lowest BCUT2D eigenvalue weighted by Gasteiger charge is -2.40. The molecule has 2 saturated heterocycles. The van der Waals surface area contributed by atoms with Crippen LogP contribution in [-0.2, 0) is 6.54 Å². The van der Waals surface area contributed by atoms with Crippen LogP contribution in [0, 0.1) is 0 Å². The summed E-state index contributed by atoms with van der Waals surface area (Å²) in [5.74, 6) is 0.0104. The number of hydrogen-bond acceptors (Lipinski definition) is 4. The molecule has 2 aliphatic heterocycles. The molecule has 6 nitrogen and oxygen atoms in total. The number of piperidine rings is 2. The third-order valence-corrected chi connectivity index (χ3v) is 6.63. The first kappa shape index (κ1) is 19.2. The molecule has 0 unspecified atom stereocenters. The lowest BCUT2D eigenvalue weighted by Crippen LogP contribution is -2.48. The summed E-state index contributed by atoms with van der Waals surface area (Å²) in [7, 11) is 0. The summed E-state index contributed by atoms with van der Waals surface area (Å²) in [6, 6.07) is 15.3. The molecule has 0 radical (unpaired) electrons. The fourth-order valence-electron chi connectivity index (χ4n) is 4.96. The predicted octanol–water partition coefficient (Wildman–Crippen LogP) is 3.57. The van der Waals surface area contributed by atoms with Crippen molar-refractivity contribution >= 4 is 16.7 Å². The van der Waals surface area contributed by atoms with E-state index < -0.39 is 0 Å². The van der Waals surface area contributed by atoms with Gasteiger partial charge in [0.25, 0.3) is 5.91 Å². The Morgan fingerprint density at radius 2 is 1.70 bits per heavy atom. The van der Waals surface area contributed by atoms with Gasteiger partial charge >= 0.3 is 0 Å². The van der Waals surface area contributed by atoms with E-state index in [0.717, 1.165) is 25.9 Å². The number of rotatable bonds is 4. The average Bonchev–Trinajstić information content (AvgIpc) is 3.28. The number of fused-ring (bicyclic) bond motifs is 1. The molecular formula is C24H29N5O. The zero-order valence-corrected chi connectivity index (χ0v) is 17.4. The quantitative estimate of drug-likeness (QED) is 0.668. The summed E-state index contributed by atoms with van der Waals surface area (Å²) in [5, 5.41) is 10.8. The van der Waals surface area contributed by atoms with Gasteiger partial charge < -0.3 is 9.80 Å². The third kappa shape index (κ3) is 3.97. The van der Waals surface area contributed by atoms with Gasteiger partial charge in [0, 0.05) is 19.1 Å². The molecule has 6 heteroatoms. The Balaban J connectivity index is 1.23. The highest BCUT2D eigenvalue weighted by Gasteiger charge is 2.29. The van der Waals surface area contributed by atoms with Gasteiger partial charge in [0.05, 0.1) is 12.7 Å². The fraction of sp³-hybridized carbons (Fsp3) is 0.458. The second-order valence-electron chi connectivity index (χ2n) is 8.56. The molecule has 1 amide bonds. The Morgan fingerprint density at radius 3 is 2.53 bits per heavy atom. The minimum atomic E-state index is 0.0104. The Labute approximate surface area is 177 Å². The van der Waals surface area contributed by atoms with Crippen molar-refractivity contribution in [1.29, 1.82) is 0 Å². The first-order valence-electron chi connectivity index (χ1n) is 11.2. The third-order valence-electron chi connectivity index (χ3n) is 6.63. The largest absolute Gasteiger partial charge is 0.337 e. The summed E-state index contributed by atoms with van der Waals surface area (Å²) in [4.78, 5) is 17.5. The molecule has 2 aromatic carbocycles. The molecule has 0 saturated carbocycles. The minimum absolute atomic E-state index is 0.0104. The number of aromatic nitrogens is 3. The van der Waals surface area contributed by atoms with Crippen LogP contribution in [0.25, 0.3) is 10.8 Å². The number of likely N-dealkylation sites (tertiary alicyclic amines) is 2. The standard InChI is InChI=1S/C24H29N5O/c30-24(28-15-11-21(12-16-28)27-13-4-1-5-14-27)23-18-29(26-25-23)17-20-9-6-8-19-7-2-3-10-22(19)20/h2-3,6-10,18,21H,1,4-5,11-17H2. The first-order valence-corrected chi connectivity index (χ1v) is 11.2. The maximum absolute atomic E-state index is 13.0. The molecule has 0 atom stereocenters. The summed E-state index contributed by atoms with van der Waals surface area (Å²) < 4.78 is 1.77. The van der Waals surface area contributed by atoms with Crippen molar-refractivity contribution in [3.05, 3.63) is 59.9 Å². The van der Waals surface area contributed by atoms with Gasteiger partial charge in [-0.05, 0) is 55.1 Å². The molecule has 30 heavy (non-hydrogen) atoms. The molecule has 3 aromatic rings. The maximum Gasteiger partial charge on any atom is 0.276 e. The maximum atomic E-state index is 13.0. The van der Waals surface area contributed by atoms with Crippen LogP contribution in [0.4, 0.5) is 0 Å². The smallest absolute Gasteiger partial charge is 0.276 e. The lowest BCUT2D eigenvalue weighted by molar-refractivity contribution is 0.0584. The molecule has 2 fully saturated rings. The van der Waals surface area contributed by atoms with Gasteiger partial charge in [-0.15, -0.1) is 5.10 Å². The summed E-state index contributed by atoms with van der Waals surface area (Å²) in [6.45, 7) is 4.69. The van der Waals surface area contributed by atoms with Crippen molar-refractivity contribution in [3.63, 3.8) is 0 Å². The predicted molar refractivity (Wildman–Crippen MR) is 117 cm³/mol. The van der Waals surface area contributed by atoms with Crippen LogP contribution >= 0.6 is 0 Å². The SMILES string of the molecule is O=C(c1cn(Cc2cccc3ccccc23)nn1)N1CCC(N2CCCCC2)CC1. The van der Waals surface area contributed by atoms with E-state index in [1.54, 1.807) is 10.9 Å². The van der Waals surface area contributed by atoms with Gasteiger partial charge in [-0.25, -0.2) is 4.68 Å². The number of hydrogen-bond donors (Lipinski definition) is 0. The van der Waals surface area contributed by atoms with Crippen molar-refractivity contribution < 1.29 is 4.79 Å². The van der Waals surface area contributed by atoms with E-state index in [1.165, 1.54) is 48.7 Å². The van der Waals surface area contributed by atoms with Crippen molar-refractivity contribution in [3.8, 4) is 0 Å². The molecule has 2 aliphatic rings. The highest BCUT2D eigenvalue weighted by molar-refractivity contribution is 5.92. The van der Waals surface area contributed by atoms with Crippen molar-refractivity contribution in [1.82, 2.24) is 24.8 Å². The Kier molecular flexibility index (Phi) is 5.49. The van der Waals surface area contributed by atoms with E-state index in [0.29, 0.717) is 18.3 Å². The van der Waals surface area contributed by atoms with Crippen LogP contribution in [0.15, 0.2) is 48.7 Å². The molecule has 0 bridgehead atoms. The van der Waals surface area contributed by atoms with E-state index >= 15 is 0 Å². The number of carbonyl (C=O) groups excluding carboxylic acids is 1. The Morgan fingerprint density at radius 1 is 0.933 bits per heavy atom. The topological polar surface area (TPSA) is 54.3 Å². The summed E-state index contributed by atoms with van der Waals surface area (Å²) >= 11 is 0. The van der Waals surface area contributed by atoms with Gasteiger partial charge in [-0.2, -0.15) is 0 Å². The second-order valence-corrected chi connectivity index (χ2v) is 8.56. The Hall–Kier alpha value is -2.73. The van der Waals surface area contributed by atoms with E-state index in [2.05, 4.69) is 51.6 Å². The van der Waals surface area contributed by atoms with E-state index in [1.807, 2.05) is 11.0 Å². The molecule has 156 valence electrons. The van der Waals surface area contributed by atoms with Crippen LogP contribution in [0.5, 0.6) is 0 Å². The zero-order chi connectivity index (χ0) is 20.3. The van der Waals surface area contributed by atoms with E-state index in [-0.39, 0.29) is 5.91 Å². The molecule has 0 N–H and O–H groups in total. The van der Waals surface area contributed by atoms with Crippen LogP contribution in [0.3, 0.4) is 0 Å². The Bertz CT molecular complexity index is 1010. The number of amides is 1. The van der Waals surface area contributed by atoms with Crippen molar-refractivity contribution in [2.45, 2.75) is 44.7 Å². The summed E-state index contributed by atoms with van der Waals surface area (Å²) in [6.07, 6.45) is 7.92. The number of benzene rings is 2. The van der Waals surface area contributed by atoms with Gasteiger partial charge in [0.15, 0.2) is 5.69 Å². The zero-order valence-electron chi connectivity index (χ0n) is 17.4. The van der Waals surface area contributed by atoms with Crippen LogP contribution in [0.2, 0.25) is 0 Å². The van der Waals surface area contributed by atoms with Gasteiger partial charge in [0.1, 0.15) is 0 Å². The van der Waals surface area contributed by atoms with Crippen LogP contribution in [0.1, 0.15) is 48.2 Å². The molecular weight excluding hydrogens is 374 g/mol. The second kappa shape index (κ2) is 8.56. The number of carbonyl (C=O) groups is 1. The van der Waals surface area contributed by atoms with Crippen LogP contribution in [-0.4, -0.2) is 62.9 Å². The average molecular weight is 404 g/mol. The molecule has 3 heterocycles. The minimum Gasteiger partial charge on any atom is -0.337 e. The molecule has 5 rings (SSSR count). The molecule has 0 spiro atoms. The highest BCUT2D eigenvalue weighted by atomic mass is 16.2. The monoisotopic (exact) mass is 403 g/mol.